The zero-order valence-electron chi connectivity index (χ0n) is 8.00. The summed E-state index contributed by atoms with van der Waals surface area (Å²) < 4.78 is 0. The highest BCUT2D eigenvalue weighted by molar-refractivity contribution is 4.84. The SMILES string of the molecule is CCCCC/C=C/CC(N)CO. The van der Waals surface area contributed by atoms with E-state index in [1.165, 1.54) is 19.3 Å². The number of allylic oxidation sites excluding steroid dienone is 1. The molecule has 0 bridgehead atoms. The topological polar surface area (TPSA) is 46.2 Å². The molecule has 0 rings (SSSR count). The van der Waals surface area contributed by atoms with Crippen molar-refractivity contribution < 1.29 is 5.11 Å². The van der Waals surface area contributed by atoms with Gasteiger partial charge in [-0.15, -0.1) is 0 Å². The summed E-state index contributed by atoms with van der Waals surface area (Å²) in [6.45, 7) is 2.28. The van der Waals surface area contributed by atoms with E-state index >= 15 is 0 Å². The number of aliphatic hydroxyl groups excluding tert-OH is 1. The lowest BCUT2D eigenvalue weighted by Crippen LogP contribution is -2.22. The quantitative estimate of drug-likeness (QED) is 0.453. The fourth-order valence-corrected chi connectivity index (χ4v) is 0.976. The number of rotatable bonds is 7. The van der Waals surface area contributed by atoms with E-state index in [0.29, 0.717) is 0 Å². The number of nitrogens with two attached hydrogens (primary N) is 1. The molecule has 0 fully saturated rings. The summed E-state index contributed by atoms with van der Waals surface area (Å²) in [6, 6.07) is -0.0765. The Labute approximate surface area is 75.5 Å². The summed E-state index contributed by atoms with van der Waals surface area (Å²) >= 11 is 0. The average Bonchev–Trinajstić information content (AvgIpc) is 2.10. The van der Waals surface area contributed by atoms with Crippen LogP contribution in [0, 0.1) is 0 Å². The van der Waals surface area contributed by atoms with Crippen molar-refractivity contribution in [2.24, 2.45) is 5.73 Å². The van der Waals surface area contributed by atoms with Crippen molar-refractivity contribution in [3.05, 3.63) is 12.2 Å². The van der Waals surface area contributed by atoms with Crippen LogP contribution in [0.15, 0.2) is 12.2 Å². The molecule has 0 radical (unpaired) electrons. The molecule has 2 heteroatoms. The average molecular weight is 171 g/mol. The summed E-state index contributed by atoms with van der Waals surface area (Å²) in [5.74, 6) is 0. The van der Waals surface area contributed by atoms with Gasteiger partial charge in [0.1, 0.15) is 0 Å². The standard InChI is InChI=1S/C10H21NO/c1-2-3-4-5-6-7-8-10(11)9-12/h6-7,10,12H,2-5,8-9,11H2,1H3/b7-6+. The highest BCUT2D eigenvalue weighted by Crippen LogP contribution is 2.00. The first kappa shape index (κ1) is 11.7. The Morgan fingerprint density at radius 1 is 1.33 bits per heavy atom. The van der Waals surface area contributed by atoms with E-state index in [-0.39, 0.29) is 12.6 Å². The smallest absolute Gasteiger partial charge is 0.0585 e. The normalized spacial score (nSPS) is 13.9. The fourth-order valence-electron chi connectivity index (χ4n) is 0.976. The zero-order valence-corrected chi connectivity index (χ0v) is 8.00. The summed E-state index contributed by atoms with van der Waals surface area (Å²) in [4.78, 5) is 0. The summed E-state index contributed by atoms with van der Waals surface area (Å²) in [5, 5.41) is 8.62. The molecule has 0 aromatic carbocycles. The molecule has 0 saturated heterocycles. The minimum atomic E-state index is -0.0765. The molecule has 0 heterocycles. The molecule has 1 unspecified atom stereocenters. The van der Waals surface area contributed by atoms with Gasteiger partial charge in [-0.3, -0.25) is 0 Å². The second kappa shape index (κ2) is 8.75. The van der Waals surface area contributed by atoms with Crippen LogP contribution in [0.3, 0.4) is 0 Å². The van der Waals surface area contributed by atoms with Gasteiger partial charge in [0, 0.05) is 6.04 Å². The van der Waals surface area contributed by atoms with Crippen LogP contribution in [0.25, 0.3) is 0 Å². The molecule has 0 aliphatic heterocycles. The highest BCUT2D eigenvalue weighted by Gasteiger charge is 1.93. The van der Waals surface area contributed by atoms with Crippen LogP contribution in [0.5, 0.6) is 0 Å². The van der Waals surface area contributed by atoms with E-state index in [4.69, 9.17) is 10.8 Å². The molecule has 1 atom stereocenters. The first-order valence-electron chi connectivity index (χ1n) is 4.82. The van der Waals surface area contributed by atoms with Gasteiger partial charge in [0.05, 0.1) is 6.61 Å². The second-order valence-electron chi connectivity index (χ2n) is 3.15. The van der Waals surface area contributed by atoms with Crippen LogP contribution in [0.4, 0.5) is 0 Å². The minimum Gasteiger partial charge on any atom is -0.395 e. The molecular formula is C10H21NO. The molecule has 0 amide bonds. The molecule has 0 spiro atoms. The van der Waals surface area contributed by atoms with Crippen molar-refractivity contribution in [1.29, 1.82) is 0 Å². The van der Waals surface area contributed by atoms with Crippen LogP contribution in [0.2, 0.25) is 0 Å². The Hall–Kier alpha value is -0.340. The lowest BCUT2D eigenvalue weighted by atomic mass is 10.1. The fraction of sp³-hybridized carbons (Fsp3) is 0.800. The second-order valence-corrected chi connectivity index (χ2v) is 3.15. The predicted octanol–water partition coefficient (Wildman–Crippen LogP) is 1.83. The van der Waals surface area contributed by atoms with Crippen LogP contribution in [-0.2, 0) is 0 Å². The van der Waals surface area contributed by atoms with Gasteiger partial charge < -0.3 is 10.8 Å². The van der Waals surface area contributed by atoms with Crippen molar-refractivity contribution in [2.45, 2.75) is 45.1 Å². The van der Waals surface area contributed by atoms with Gasteiger partial charge in [0.25, 0.3) is 0 Å². The molecule has 0 aliphatic rings. The third kappa shape index (κ3) is 7.76. The maximum absolute atomic E-state index is 8.62. The molecule has 0 saturated carbocycles. The first-order valence-corrected chi connectivity index (χ1v) is 4.82. The van der Waals surface area contributed by atoms with Gasteiger partial charge in [-0.05, 0) is 19.3 Å². The third-order valence-electron chi connectivity index (χ3n) is 1.81. The molecule has 0 aliphatic carbocycles. The predicted molar refractivity (Wildman–Crippen MR) is 53.0 cm³/mol. The van der Waals surface area contributed by atoms with E-state index in [0.717, 1.165) is 12.8 Å². The summed E-state index contributed by atoms with van der Waals surface area (Å²) in [7, 11) is 0. The molecule has 0 aromatic heterocycles. The maximum atomic E-state index is 8.62. The lowest BCUT2D eigenvalue weighted by Gasteiger charge is -2.01. The number of hydrogen-bond acceptors (Lipinski definition) is 2. The van der Waals surface area contributed by atoms with E-state index in [1.54, 1.807) is 0 Å². The maximum Gasteiger partial charge on any atom is 0.0585 e. The Morgan fingerprint density at radius 2 is 2.08 bits per heavy atom. The molecule has 3 N–H and O–H groups in total. The zero-order chi connectivity index (χ0) is 9.23. The Morgan fingerprint density at radius 3 is 2.67 bits per heavy atom. The highest BCUT2D eigenvalue weighted by atomic mass is 16.3. The molecule has 72 valence electrons. The van der Waals surface area contributed by atoms with Crippen molar-refractivity contribution >= 4 is 0 Å². The molecular weight excluding hydrogens is 150 g/mol. The van der Waals surface area contributed by atoms with Crippen molar-refractivity contribution in [3.63, 3.8) is 0 Å². The van der Waals surface area contributed by atoms with E-state index < -0.39 is 0 Å². The first-order chi connectivity index (χ1) is 5.81. The van der Waals surface area contributed by atoms with E-state index in [9.17, 15) is 0 Å². The van der Waals surface area contributed by atoms with E-state index in [2.05, 4.69) is 19.1 Å². The number of unbranched alkanes of at least 4 members (excludes halogenated alkanes) is 3. The van der Waals surface area contributed by atoms with Gasteiger partial charge in [0.2, 0.25) is 0 Å². The van der Waals surface area contributed by atoms with Gasteiger partial charge in [0.15, 0.2) is 0 Å². The van der Waals surface area contributed by atoms with Crippen LogP contribution in [-0.4, -0.2) is 17.8 Å². The van der Waals surface area contributed by atoms with Gasteiger partial charge in [-0.2, -0.15) is 0 Å². The monoisotopic (exact) mass is 171 g/mol. The van der Waals surface area contributed by atoms with Crippen LogP contribution >= 0.6 is 0 Å². The summed E-state index contributed by atoms with van der Waals surface area (Å²) in [6.07, 6.45) is 10.00. The molecule has 0 aromatic rings. The van der Waals surface area contributed by atoms with Crippen molar-refractivity contribution in [3.8, 4) is 0 Å². The number of hydrogen-bond donors (Lipinski definition) is 2. The molecule has 2 nitrogen and oxygen atoms in total. The molecule has 12 heavy (non-hydrogen) atoms. The number of aliphatic hydroxyl groups is 1. The minimum absolute atomic E-state index is 0.0765. The lowest BCUT2D eigenvalue weighted by molar-refractivity contribution is 0.266. The largest absolute Gasteiger partial charge is 0.395 e. The Kier molecular flexibility index (Phi) is 8.51. The summed E-state index contributed by atoms with van der Waals surface area (Å²) in [5.41, 5.74) is 5.51. The van der Waals surface area contributed by atoms with Crippen molar-refractivity contribution in [1.82, 2.24) is 0 Å². The Bertz CT molecular complexity index is 112. The van der Waals surface area contributed by atoms with Gasteiger partial charge >= 0.3 is 0 Å². The Balaban J connectivity index is 3.13. The van der Waals surface area contributed by atoms with E-state index in [1.807, 2.05) is 0 Å². The van der Waals surface area contributed by atoms with Gasteiger partial charge in [-0.25, -0.2) is 0 Å². The van der Waals surface area contributed by atoms with Gasteiger partial charge in [-0.1, -0.05) is 31.9 Å². The van der Waals surface area contributed by atoms with Crippen LogP contribution in [0.1, 0.15) is 39.0 Å². The van der Waals surface area contributed by atoms with Crippen molar-refractivity contribution in [2.75, 3.05) is 6.61 Å². The van der Waals surface area contributed by atoms with Crippen LogP contribution < -0.4 is 5.73 Å². The third-order valence-corrected chi connectivity index (χ3v) is 1.81.